The van der Waals surface area contributed by atoms with Crippen molar-refractivity contribution in [2.45, 2.75) is 24.5 Å². The number of nitrogens with one attached hydrogen (secondary N) is 1. The van der Waals surface area contributed by atoms with E-state index in [1.165, 1.54) is 30.3 Å². The van der Waals surface area contributed by atoms with E-state index in [0.29, 0.717) is 5.56 Å². The van der Waals surface area contributed by atoms with Gasteiger partial charge in [0, 0.05) is 6.04 Å². The van der Waals surface area contributed by atoms with Gasteiger partial charge in [0.25, 0.3) is 0 Å². The second-order valence-electron chi connectivity index (χ2n) is 4.75. The van der Waals surface area contributed by atoms with Crippen LogP contribution >= 0.6 is 0 Å². The number of alkyl halides is 2. The topological polar surface area (TPSA) is 55.4 Å². The molecule has 0 aromatic heterocycles. The summed E-state index contributed by atoms with van der Waals surface area (Å²) in [4.78, 5) is -0.218. The number of benzene rings is 2. The van der Waals surface area contributed by atoms with Gasteiger partial charge in [-0.2, -0.15) is 8.78 Å². The van der Waals surface area contributed by atoms with Crippen LogP contribution in [0.15, 0.2) is 53.4 Å². The molecule has 124 valence electrons. The Balaban J connectivity index is 2.19. The third kappa shape index (κ3) is 4.70. The molecule has 0 bridgehead atoms. The molecule has 0 saturated carbocycles. The Morgan fingerprint density at radius 2 is 1.78 bits per heavy atom. The number of rotatable bonds is 6. The smallest absolute Gasteiger partial charge is 0.387 e. The fourth-order valence-corrected chi connectivity index (χ4v) is 3.23. The average molecular weight is 345 g/mol. The van der Waals surface area contributed by atoms with Crippen molar-refractivity contribution in [3.05, 3.63) is 59.9 Å². The van der Waals surface area contributed by atoms with Gasteiger partial charge in [-0.1, -0.05) is 18.2 Å². The van der Waals surface area contributed by atoms with Crippen molar-refractivity contribution in [2.75, 3.05) is 0 Å². The monoisotopic (exact) mass is 345 g/mol. The van der Waals surface area contributed by atoms with Gasteiger partial charge in [-0.3, -0.25) is 0 Å². The summed E-state index contributed by atoms with van der Waals surface area (Å²) in [5, 5.41) is 0. The van der Waals surface area contributed by atoms with Crippen molar-refractivity contribution in [1.29, 1.82) is 0 Å². The van der Waals surface area contributed by atoms with Gasteiger partial charge in [0.2, 0.25) is 10.0 Å². The van der Waals surface area contributed by atoms with Gasteiger partial charge in [0.1, 0.15) is 11.6 Å². The minimum Gasteiger partial charge on any atom is -0.435 e. The Morgan fingerprint density at radius 3 is 2.43 bits per heavy atom. The summed E-state index contributed by atoms with van der Waals surface area (Å²) >= 11 is 0. The molecule has 4 nitrogen and oxygen atoms in total. The van der Waals surface area contributed by atoms with Gasteiger partial charge < -0.3 is 4.74 Å². The van der Waals surface area contributed by atoms with Crippen molar-refractivity contribution in [3.63, 3.8) is 0 Å². The van der Waals surface area contributed by atoms with Crippen LogP contribution in [0.4, 0.5) is 13.2 Å². The summed E-state index contributed by atoms with van der Waals surface area (Å²) in [5.41, 5.74) is 0.433. The lowest BCUT2D eigenvalue weighted by molar-refractivity contribution is -0.0499. The first-order valence-corrected chi connectivity index (χ1v) is 8.09. The predicted molar refractivity (Wildman–Crippen MR) is 78.2 cm³/mol. The summed E-state index contributed by atoms with van der Waals surface area (Å²) < 4.78 is 68.6. The Hall–Kier alpha value is -2.06. The van der Waals surface area contributed by atoms with Crippen LogP contribution in [0.3, 0.4) is 0 Å². The Morgan fingerprint density at radius 1 is 1.09 bits per heavy atom. The third-order valence-corrected chi connectivity index (χ3v) is 4.56. The number of hydrogen-bond donors (Lipinski definition) is 1. The molecular weight excluding hydrogens is 331 g/mol. The van der Waals surface area contributed by atoms with Crippen LogP contribution in [0, 0.1) is 5.82 Å². The van der Waals surface area contributed by atoms with Gasteiger partial charge >= 0.3 is 6.61 Å². The molecule has 0 radical (unpaired) electrons. The molecule has 0 heterocycles. The van der Waals surface area contributed by atoms with Gasteiger partial charge in [-0.25, -0.2) is 17.5 Å². The van der Waals surface area contributed by atoms with Crippen molar-refractivity contribution < 1.29 is 26.3 Å². The van der Waals surface area contributed by atoms with Crippen LogP contribution in [0.25, 0.3) is 0 Å². The second kappa shape index (κ2) is 7.01. The fraction of sp³-hybridized carbons (Fsp3) is 0.200. The second-order valence-corrected chi connectivity index (χ2v) is 6.47. The molecule has 1 unspecified atom stereocenters. The molecule has 0 fully saturated rings. The third-order valence-electron chi connectivity index (χ3n) is 3.02. The van der Waals surface area contributed by atoms with E-state index in [9.17, 15) is 21.6 Å². The largest absolute Gasteiger partial charge is 0.435 e. The molecule has 2 rings (SSSR count). The molecule has 0 aliphatic rings. The van der Waals surface area contributed by atoms with E-state index in [2.05, 4.69) is 9.46 Å². The molecule has 1 atom stereocenters. The minimum atomic E-state index is -3.95. The van der Waals surface area contributed by atoms with E-state index in [0.717, 1.165) is 12.1 Å². The lowest BCUT2D eigenvalue weighted by atomic mass is 10.1. The van der Waals surface area contributed by atoms with Crippen molar-refractivity contribution in [1.82, 2.24) is 4.72 Å². The van der Waals surface area contributed by atoms with Gasteiger partial charge in [-0.05, 0) is 42.8 Å². The minimum absolute atomic E-state index is 0.0747. The zero-order chi connectivity index (χ0) is 17.0. The highest BCUT2D eigenvalue weighted by atomic mass is 32.2. The van der Waals surface area contributed by atoms with Crippen LogP contribution in [-0.2, 0) is 10.0 Å². The van der Waals surface area contributed by atoms with E-state index >= 15 is 0 Å². The zero-order valence-electron chi connectivity index (χ0n) is 12.0. The number of ether oxygens (including phenoxy) is 1. The quantitative estimate of drug-likeness (QED) is 0.872. The van der Waals surface area contributed by atoms with E-state index < -0.39 is 28.5 Å². The molecule has 2 aromatic carbocycles. The fourth-order valence-electron chi connectivity index (χ4n) is 1.96. The van der Waals surface area contributed by atoms with Crippen molar-refractivity contribution in [2.24, 2.45) is 0 Å². The molecule has 0 amide bonds. The highest BCUT2D eigenvalue weighted by Gasteiger charge is 2.19. The normalized spacial score (nSPS) is 13.1. The van der Waals surface area contributed by atoms with Crippen LogP contribution in [0.5, 0.6) is 5.75 Å². The van der Waals surface area contributed by atoms with Crippen LogP contribution in [0.2, 0.25) is 0 Å². The summed E-state index contributed by atoms with van der Waals surface area (Å²) in [6, 6.07) is 9.54. The van der Waals surface area contributed by atoms with Gasteiger partial charge in [0.05, 0.1) is 4.90 Å². The van der Waals surface area contributed by atoms with Crippen LogP contribution in [-0.4, -0.2) is 15.0 Å². The Bertz CT molecular complexity index is 781. The molecular formula is C15H14F3NO3S. The maximum absolute atomic E-state index is 13.2. The molecule has 0 spiro atoms. The summed E-state index contributed by atoms with van der Waals surface area (Å²) in [7, 11) is -3.95. The molecule has 23 heavy (non-hydrogen) atoms. The maximum Gasteiger partial charge on any atom is 0.387 e. The summed E-state index contributed by atoms with van der Waals surface area (Å²) in [5.74, 6) is -0.748. The van der Waals surface area contributed by atoms with Crippen LogP contribution in [0.1, 0.15) is 18.5 Å². The van der Waals surface area contributed by atoms with Crippen molar-refractivity contribution >= 4 is 10.0 Å². The van der Waals surface area contributed by atoms with Crippen molar-refractivity contribution in [3.8, 4) is 5.75 Å². The first-order valence-electron chi connectivity index (χ1n) is 6.60. The first-order chi connectivity index (χ1) is 10.8. The van der Waals surface area contributed by atoms with E-state index in [1.807, 2.05) is 0 Å². The van der Waals surface area contributed by atoms with Gasteiger partial charge in [0.15, 0.2) is 0 Å². The molecule has 0 aliphatic carbocycles. The number of hydrogen-bond acceptors (Lipinski definition) is 3. The lowest BCUT2D eigenvalue weighted by Crippen LogP contribution is -2.27. The molecule has 8 heteroatoms. The standard InChI is InChI=1S/C15H14F3NO3S/c1-10(11-4-2-6-13(8-11)22-15(17)18)19-23(20,21)14-7-3-5-12(16)9-14/h2-10,15,19H,1H3. The zero-order valence-corrected chi connectivity index (χ0v) is 12.9. The highest BCUT2D eigenvalue weighted by molar-refractivity contribution is 7.89. The van der Waals surface area contributed by atoms with E-state index in [-0.39, 0.29) is 10.6 Å². The number of halogens is 3. The van der Waals surface area contributed by atoms with E-state index in [1.54, 1.807) is 13.0 Å². The first kappa shape index (κ1) is 17.3. The maximum atomic E-state index is 13.2. The Labute approximate surface area is 132 Å². The lowest BCUT2D eigenvalue weighted by Gasteiger charge is -2.16. The van der Waals surface area contributed by atoms with E-state index in [4.69, 9.17) is 0 Å². The number of sulfonamides is 1. The van der Waals surface area contributed by atoms with Gasteiger partial charge in [-0.15, -0.1) is 0 Å². The molecule has 0 aliphatic heterocycles. The molecule has 0 saturated heterocycles. The SMILES string of the molecule is CC(NS(=O)(=O)c1cccc(F)c1)c1cccc(OC(F)F)c1. The Kier molecular flexibility index (Phi) is 5.27. The molecule has 1 N–H and O–H groups in total. The summed E-state index contributed by atoms with van der Waals surface area (Å²) in [6.45, 7) is -1.43. The summed E-state index contributed by atoms with van der Waals surface area (Å²) in [6.07, 6.45) is 0. The van der Waals surface area contributed by atoms with Crippen LogP contribution < -0.4 is 9.46 Å². The highest BCUT2D eigenvalue weighted by Crippen LogP contribution is 2.22. The predicted octanol–water partition coefficient (Wildman–Crippen LogP) is 3.47. The average Bonchev–Trinajstić information content (AvgIpc) is 2.46. The molecule has 2 aromatic rings.